The lowest BCUT2D eigenvalue weighted by molar-refractivity contribution is -0.164. The molecule has 1 amide bonds. The molecule has 2 aliphatic rings. The van der Waals surface area contributed by atoms with E-state index in [1.807, 2.05) is 84.9 Å². The molecule has 2 aliphatic heterocycles. The summed E-state index contributed by atoms with van der Waals surface area (Å²) in [6.45, 7) is 3.32. The van der Waals surface area contributed by atoms with E-state index in [0.717, 1.165) is 16.7 Å². The van der Waals surface area contributed by atoms with Gasteiger partial charge in [-0.1, -0.05) is 72.8 Å². The van der Waals surface area contributed by atoms with Crippen molar-refractivity contribution in [2.45, 2.75) is 50.2 Å². The molecule has 0 spiro atoms. The van der Waals surface area contributed by atoms with E-state index in [0.29, 0.717) is 22.6 Å². The summed E-state index contributed by atoms with van der Waals surface area (Å²) >= 11 is 0. The Bertz CT molecular complexity index is 1740. The monoisotopic (exact) mass is 663 g/mol. The fraction of sp³-hybridized carbons (Fsp3) is 0.282. The Morgan fingerprint density at radius 1 is 0.898 bits per heavy atom. The van der Waals surface area contributed by atoms with Gasteiger partial charge in [-0.3, -0.25) is 4.79 Å². The van der Waals surface area contributed by atoms with Gasteiger partial charge in [-0.05, 0) is 60.0 Å². The second kappa shape index (κ2) is 14.2. The summed E-state index contributed by atoms with van der Waals surface area (Å²) in [6.07, 6.45) is -0.484. The number of amidine groups is 1. The Morgan fingerprint density at radius 2 is 1.43 bits per heavy atom. The minimum absolute atomic E-state index is 0.0188. The van der Waals surface area contributed by atoms with E-state index < -0.39 is 29.9 Å². The number of ether oxygens (including phenoxy) is 4. The lowest BCUT2D eigenvalue weighted by atomic mass is 9.80. The molecule has 4 aromatic rings. The first-order valence-corrected chi connectivity index (χ1v) is 16.1. The van der Waals surface area contributed by atoms with E-state index in [-0.39, 0.29) is 24.8 Å². The fourth-order valence-corrected chi connectivity index (χ4v) is 6.32. The summed E-state index contributed by atoms with van der Waals surface area (Å²) in [4.78, 5) is 18.8. The van der Waals surface area contributed by atoms with E-state index in [2.05, 4.69) is 10.3 Å². The van der Waals surface area contributed by atoms with Crippen LogP contribution >= 0.6 is 0 Å². The summed E-state index contributed by atoms with van der Waals surface area (Å²) in [5.74, 6) is -0.434. The maximum absolute atomic E-state index is 12.8. The van der Waals surface area contributed by atoms with Crippen LogP contribution in [0.4, 0.5) is 0 Å². The maximum Gasteiger partial charge on any atom is 0.256 e. The van der Waals surface area contributed by atoms with Crippen molar-refractivity contribution in [1.29, 1.82) is 0 Å². The highest BCUT2D eigenvalue weighted by Crippen LogP contribution is 2.43. The molecule has 4 atom stereocenters. The molecule has 49 heavy (non-hydrogen) atoms. The number of carbonyl (C=O) groups is 1. The molecule has 1 fully saturated rings. The number of nitrogens with one attached hydrogen (secondary N) is 1. The van der Waals surface area contributed by atoms with Crippen LogP contribution in [0.2, 0.25) is 0 Å². The highest BCUT2D eigenvalue weighted by Gasteiger charge is 2.46. The quantitative estimate of drug-likeness (QED) is 0.198. The van der Waals surface area contributed by atoms with Crippen LogP contribution in [0.3, 0.4) is 0 Å². The summed E-state index contributed by atoms with van der Waals surface area (Å²) in [5, 5.41) is 25.6. The van der Waals surface area contributed by atoms with Gasteiger partial charge in [-0.25, -0.2) is 4.99 Å². The van der Waals surface area contributed by atoms with E-state index in [4.69, 9.17) is 18.9 Å². The van der Waals surface area contributed by atoms with E-state index in [1.165, 1.54) is 6.92 Å². The second-order valence-electron chi connectivity index (χ2n) is 12.2. The Kier molecular flexibility index (Phi) is 9.84. The van der Waals surface area contributed by atoms with Crippen LogP contribution in [0.15, 0.2) is 126 Å². The van der Waals surface area contributed by atoms with Gasteiger partial charge in [0.1, 0.15) is 35.3 Å². The molecule has 0 aromatic heterocycles. The van der Waals surface area contributed by atoms with Crippen molar-refractivity contribution in [2.75, 3.05) is 20.8 Å². The molecule has 3 N–H and O–H groups in total. The number of benzene rings is 4. The molecule has 0 radical (unpaired) electrons. The molecule has 0 aliphatic carbocycles. The molecule has 4 aromatic carbocycles. The predicted molar refractivity (Wildman–Crippen MR) is 185 cm³/mol. The van der Waals surface area contributed by atoms with Crippen LogP contribution in [-0.2, 0) is 15.1 Å². The molecular formula is C39H41N3O7. The Hall–Kier alpha value is -5.00. The minimum atomic E-state index is -1.76. The Labute approximate surface area is 286 Å². The van der Waals surface area contributed by atoms with Crippen molar-refractivity contribution >= 4 is 11.7 Å². The molecule has 10 nitrogen and oxygen atoms in total. The van der Waals surface area contributed by atoms with Crippen LogP contribution in [-0.4, -0.2) is 72.0 Å². The normalized spacial score (nSPS) is 22.2. The lowest BCUT2D eigenvalue weighted by Crippen LogP contribution is -2.52. The summed E-state index contributed by atoms with van der Waals surface area (Å²) in [5.41, 5.74) is 2.59. The first-order chi connectivity index (χ1) is 23.6. The zero-order valence-corrected chi connectivity index (χ0v) is 27.9. The zero-order valence-electron chi connectivity index (χ0n) is 27.9. The molecule has 6 rings (SSSR count). The molecule has 1 saturated heterocycles. The van der Waals surface area contributed by atoms with Crippen LogP contribution in [0.25, 0.3) is 0 Å². The third-order valence-corrected chi connectivity index (χ3v) is 8.94. The van der Waals surface area contributed by atoms with Crippen LogP contribution in [0, 0.1) is 0 Å². The number of amides is 1. The molecule has 10 heteroatoms. The summed E-state index contributed by atoms with van der Waals surface area (Å²) in [6, 6.07) is 34.1. The standard InChI is InChI=1S/C39H41N3O7/c1-26-24-42(38(2,45)41-36(26)40-37(44)27-11-7-5-8-12-27)35-23-33(43)34(49-35)25-48-39(28-13-9-6-10-14-28,29-15-19-31(46-3)20-16-29)30-17-21-32(47-4)22-18-30/h5-22,24,33-35,43,45H,23,25H2,1-4H3,(H,40,41,44)/t33?,34-,35-,38?/m1/s1. The highest BCUT2D eigenvalue weighted by atomic mass is 16.6. The maximum atomic E-state index is 12.8. The van der Waals surface area contributed by atoms with Gasteiger partial charge >= 0.3 is 0 Å². The van der Waals surface area contributed by atoms with Crippen LogP contribution in [0.5, 0.6) is 11.5 Å². The Balaban J connectivity index is 1.26. The van der Waals surface area contributed by atoms with Gasteiger partial charge in [-0.2, -0.15) is 0 Å². The van der Waals surface area contributed by atoms with Gasteiger partial charge in [0, 0.05) is 30.7 Å². The van der Waals surface area contributed by atoms with Crippen LogP contribution < -0.4 is 14.8 Å². The zero-order chi connectivity index (χ0) is 34.6. The summed E-state index contributed by atoms with van der Waals surface area (Å²) in [7, 11) is 3.25. The largest absolute Gasteiger partial charge is 0.497 e. The third kappa shape index (κ3) is 6.95. The molecule has 0 bridgehead atoms. The van der Waals surface area contributed by atoms with Gasteiger partial charge in [0.05, 0.1) is 26.9 Å². The SMILES string of the molecule is COc1ccc(C(OC[C@H]2O[C@@H](N3C=C(C)C(NC(=O)c4ccccc4)=NC3(C)O)CC2O)(c2ccccc2)c2ccc(OC)cc2)cc1. The molecule has 0 saturated carbocycles. The van der Waals surface area contributed by atoms with Crippen molar-refractivity contribution < 1.29 is 34.0 Å². The number of aliphatic hydroxyl groups is 2. The number of methoxy groups -OCH3 is 2. The average Bonchev–Trinajstić information content (AvgIpc) is 3.50. The Morgan fingerprint density at radius 3 is 1.98 bits per heavy atom. The van der Waals surface area contributed by atoms with E-state index in [1.54, 1.807) is 56.5 Å². The topological polar surface area (TPSA) is 122 Å². The second-order valence-corrected chi connectivity index (χ2v) is 12.2. The molecule has 2 heterocycles. The van der Waals surface area contributed by atoms with Crippen molar-refractivity contribution in [2.24, 2.45) is 4.99 Å². The number of aliphatic hydroxyl groups excluding tert-OH is 1. The number of aliphatic imine (C=N–C) groups is 1. The van der Waals surface area contributed by atoms with E-state index >= 15 is 0 Å². The van der Waals surface area contributed by atoms with E-state index in [9.17, 15) is 15.0 Å². The average molecular weight is 664 g/mol. The fourth-order valence-electron chi connectivity index (χ4n) is 6.32. The van der Waals surface area contributed by atoms with Crippen molar-refractivity contribution in [3.8, 4) is 11.5 Å². The number of hydrogen-bond donors (Lipinski definition) is 3. The smallest absolute Gasteiger partial charge is 0.256 e. The van der Waals surface area contributed by atoms with Gasteiger partial charge in [-0.15, -0.1) is 0 Å². The lowest BCUT2D eigenvalue weighted by Gasteiger charge is -2.40. The van der Waals surface area contributed by atoms with Gasteiger partial charge in [0.25, 0.3) is 5.91 Å². The van der Waals surface area contributed by atoms with Gasteiger partial charge < -0.3 is 39.4 Å². The minimum Gasteiger partial charge on any atom is -0.497 e. The number of nitrogens with zero attached hydrogens (tertiary/aromatic N) is 2. The molecular weight excluding hydrogens is 622 g/mol. The highest BCUT2D eigenvalue weighted by molar-refractivity contribution is 6.12. The molecule has 2 unspecified atom stereocenters. The van der Waals surface area contributed by atoms with Crippen molar-refractivity contribution in [3.05, 3.63) is 143 Å². The third-order valence-electron chi connectivity index (χ3n) is 8.94. The van der Waals surface area contributed by atoms with Crippen molar-refractivity contribution in [3.63, 3.8) is 0 Å². The van der Waals surface area contributed by atoms with Gasteiger partial charge in [0.2, 0.25) is 5.85 Å². The number of rotatable bonds is 10. The first kappa shape index (κ1) is 33.9. The summed E-state index contributed by atoms with van der Waals surface area (Å²) < 4.78 is 24.3. The van der Waals surface area contributed by atoms with Crippen molar-refractivity contribution in [1.82, 2.24) is 10.2 Å². The first-order valence-electron chi connectivity index (χ1n) is 16.1. The molecule has 254 valence electrons. The number of carbonyl (C=O) groups excluding carboxylic acids is 1. The number of hydrogen-bond acceptors (Lipinski definition) is 9. The van der Waals surface area contributed by atoms with Crippen LogP contribution in [0.1, 0.15) is 47.3 Å². The predicted octanol–water partition coefficient (Wildman–Crippen LogP) is 5.20. The van der Waals surface area contributed by atoms with Gasteiger partial charge in [0.15, 0.2) is 0 Å².